The van der Waals surface area contributed by atoms with Gasteiger partial charge < -0.3 is 4.74 Å². The maximum absolute atomic E-state index is 13.1. The molecule has 6 nitrogen and oxygen atoms in total. The molecule has 4 amide bonds. The first kappa shape index (κ1) is 23.6. The quantitative estimate of drug-likeness (QED) is 0.459. The number of carbonyl (C=O) groups excluding carboxylic acids is 3. The second-order valence-corrected chi connectivity index (χ2v) is 7.79. The van der Waals surface area contributed by atoms with Crippen LogP contribution in [-0.4, -0.2) is 23.9 Å². The van der Waals surface area contributed by atoms with Crippen molar-refractivity contribution in [2.75, 3.05) is 4.90 Å². The normalized spacial score (nSPS) is 16.1. The fraction of sp³-hybridized carbons (Fsp3) is 0.190. The molecule has 1 fully saturated rings. The number of imide groups is 2. The average molecular weight is 487 g/mol. The number of alkyl halides is 3. The summed E-state index contributed by atoms with van der Waals surface area (Å²) in [5, 5.41) is 1.86. The van der Waals surface area contributed by atoms with Gasteiger partial charge in [0.15, 0.2) is 0 Å². The number of hydrogen-bond acceptors (Lipinski definition) is 4. The molecule has 1 saturated heterocycles. The molecule has 11 heteroatoms. The van der Waals surface area contributed by atoms with Gasteiger partial charge in [0.25, 0.3) is 11.8 Å². The van der Waals surface area contributed by atoms with E-state index in [1.54, 1.807) is 0 Å². The molecule has 3 rings (SSSR count). The highest BCUT2D eigenvalue weighted by Gasteiger charge is 2.39. The van der Waals surface area contributed by atoms with Crippen LogP contribution in [0.15, 0.2) is 42.0 Å². The number of hydrogen-bond donors (Lipinski definition) is 1. The van der Waals surface area contributed by atoms with Crippen LogP contribution < -0.4 is 15.0 Å². The first-order valence-corrected chi connectivity index (χ1v) is 9.88. The van der Waals surface area contributed by atoms with E-state index < -0.39 is 40.8 Å². The van der Waals surface area contributed by atoms with Crippen LogP contribution in [0.3, 0.4) is 0 Å². The smallest absolute Gasteiger partial charge is 0.416 e. The largest absolute Gasteiger partial charge is 0.489 e. The molecule has 1 N–H and O–H groups in total. The molecule has 0 aliphatic carbocycles. The third kappa shape index (κ3) is 4.89. The van der Waals surface area contributed by atoms with Crippen molar-refractivity contribution >= 4 is 52.8 Å². The Bertz CT molecular complexity index is 1150. The van der Waals surface area contributed by atoms with Gasteiger partial charge in [0.1, 0.15) is 11.3 Å². The van der Waals surface area contributed by atoms with Crippen LogP contribution in [0, 0.1) is 0 Å². The van der Waals surface area contributed by atoms with Crippen LogP contribution in [0.2, 0.25) is 10.0 Å². The molecular weight excluding hydrogens is 472 g/mol. The molecule has 32 heavy (non-hydrogen) atoms. The highest BCUT2D eigenvalue weighted by Crippen LogP contribution is 2.37. The Kier molecular flexibility index (Phi) is 6.52. The van der Waals surface area contributed by atoms with E-state index in [4.69, 9.17) is 27.9 Å². The Balaban J connectivity index is 2.02. The monoisotopic (exact) mass is 486 g/mol. The van der Waals surface area contributed by atoms with Gasteiger partial charge >= 0.3 is 12.2 Å². The van der Waals surface area contributed by atoms with Crippen LogP contribution >= 0.6 is 23.2 Å². The highest BCUT2D eigenvalue weighted by molar-refractivity contribution is 6.42. The number of ether oxygens (including phenoxy) is 1. The van der Waals surface area contributed by atoms with Crippen molar-refractivity contribution < 1.29 is 32.3 Å². The summed E-state index contributed by atoms with van der Waals surface area (Å²) in [6.07, 6.45) is -3.72. The minimum atomic E-state index is -4.74. The van der Waals surface area contributed by atoms with Crippen LogP contribution in [0.25, 0.3) is 6.08 Å². The predicted octanol–water partition coefficient (Wildman–Crippen LogP) is 5.47. The Labute approximate surface area is 190 Å². The second-order valence-electron chi connectivity index (χ2n) is 6.98. The zero-order chi connectivity index (χ0) is 23.8. The molecule has 1 heterocycles. The van der Waals surface area contributed by atoms with Gasteiger partial charge in [-0.15, -0.1) is 0 Å². The predicted molar refractivity (Wildman–Crippen MR) is 113 cm³/mol. The number of barbiturate groups is 1. The lowest BCUT2D eigenvalue weighted by molar-refractivity contribution is -0.137. The van der Waals surface area contributed by atoms with E-state index in [1.165, 1.54) is 18.2 Å². The number of carbonyl (C=O) groups is 3. The fourth-order valence-corrected chi connectivity index (χ4v) is 3.30. The van der Waals surface area contributed by atoms with Gasteiger partial charge in [-0.25, -0.2) is 9.69 Å². The van der Waals surface area contributed by atoms with E-state index in [1.807, 2.05) is 19.2 Å². The van der Waals surface area contributed by atoms with Crippen molar-refractivity contribution in [1.82, 2.24) is 5.32 Å². The summed E-state index contributed by atoms with van der Waals surface area (Å²) in [4.78, 5) is 37.9. The molecule has 168 valence electrons. The first-order chi connectivity index (χ1) is 14.9. The van der Waals surface area contributed by atoms with Crippen molar-refractivity contribution in [3.8, 4) is 5.75 Å². The van der Waals surface area contributed by atoms with Gasteiger partial charge in [0.05, 0.1) is 27.4 Å². The standard InChI is InChI=1S/C21H15Cl2F3N2O4/c1-10(2)32-17-6-3-11(8-15(17)23)7-13-18(29)27-20(31)28(19(13)30)16-9-12(21(24,25)26)4-5-14(16)22/h3-10H,1-2H3,(H,27,29,31)/b13-7-. The molecule has 0 spiro atoms. The van der Waals surface area contributed by atoms with Crippen LogP contribution in [-0.2, 0) is 15.8 Å². The van der Waals surface area contributed by atoms with Crippen molar-refractivity contribution in [1.29, 1.82) is 0 Å². The maximum Gasteiger partial charge on any atom is 0.416 e. The number of nitrogens with zero attached hydrogens (tertiary/aromatic N) is 1. The Morgan fingerprint density at radius 1 is 1.03 bits per heavy atom. The fourth-order valence-electron chi connectivity index (χ4n) is 2.86. The Morgan fingerprint density at radius 3 is 2.31 bits per heavy atom. The molecule has 2 aromatic carbocycles. The van der Waals surface area contributed by atoms with Crippen molar-refractivity contribution in [3.63, 3.8) is 0 Å². The topological polar surface area (TPSA) is 75.7 Å². The average Bonchev–Trinajstić information content (AvgIpc) is 2.67. The minimum Gasteiger partial charge on any atom is -0.489 e. The van der Waals surface area contributed by atoms with Crippen molar-refractivity contribution in [2.45, 2.75) is 26.1 Å². The summed E-state index contributed by atoms with van der Waals surface area (Å²) >= 11 is 12.1. The van der Waals surface area contributed by atoms with E-state index in [9.17, 15) is 27.6 Å². The summed E-state index contributed by atoms with van der Waals surface area (Å²) < 4.78 is 44.8. The number of benzene rings is 2. The van der Waals surface area contributed by atoms with E-state index in [-0.39, 0.29) is 16.1 Å². The van der Waals surface area contributed by atoms with Gasteiger partial charge in [-0.2, -0.15) is 13.2 Å². The van der Waals surface area contributed by atoms with Crippen molar-refractivity contribution in [3.05, 3.63) is 63.1 Å². The summed E-state index contributed by atoms with van der Waals surface area (Å²) in [7, 11) is 0. The van der Waals surface area contributed by atoms with E-state index in [2.05, 4.69) is 0 Å². The zero-order valence-electron chi connectivity index (χ0n) is 16.6. The lowest BCUT2D eigenvalue weighted by atomic mass is 10.1. The Morgan fingerprint density at radius 2 is 1.72 bits per heavy atom. The van der Waals surface area contributed by atoms with Crippen LogP contribution in [0.4, 0.5) is 23.7 Å². The molecule has 0 aromatic heterocycles. The summed E-state index contributed by atoms with van der Waals surface area (Å²) in [5.74, 6) is -1.77. The molecule has 2 aromatic rings. The van der Waals surface area contributed by atoms with Gasteiger partial charge in [-0.1, -0.05) is 29.3 Å². The van der Waals surface area contributed by atoms with E-state index in [0.717, 1.165) is 12.1 Å². The lowest BCUT2D eigenvalue weighted by Crippen LogP contribution is -2.54. The van der Waals surface area contributed by atoms with Gasteiger partial charge in [-0.3, -0.25) is 14.9 Å². The summed E-state index contributed by atoms with van der Waals surface area (Å²) in [6, 6.07) is 5.45. The third-order valence-electron chi connectivity index (χ3n) is 4.25. The molecule has 0 atom stereocenters. The first-order valence-electron chi connectivity index (χ1n) is 9.13. The number of amides is 4. The third-order valence-corrected chi connectivity index (χ3v) is 4.86. The number of halogens is 5. The second kappa shape index (κ2) is 8.84. The van der Waals surface area contributed by atoms with Crippen LogP contribution in [0.5, 0.6) is 5.75 Å². The molecule has 1 aliphatic rings. The van der Waals surface area contributed by atoms with E-state index in [0.29, 0.717) is 28.3 Å². The van der Waals surface area contributed by atoms with E-state index >= 15 is 0 Å². The van der Waals surface area contributed by atoms with Crippen LogP contribution in [0.1, 0.15) is 25.0 Å². The lowest BCUT2D eigenvalue weighted by Gasteiger charge is -2.27. The van der Waals surface area contributed by atoms with Gasteiger partial charge in [0, 0.05) is 0 Å². The van der Waals surface area contributed by atoms with Gasteiger partial charge in [0.2, 0.25) is 0 Å². The van der Waals surface area contributed by atoms with Crippen molar-refractivity contribution in [2.24, 2.45) is 0 Å². The number of rotatable bonds is 4. The summed E-state index contributed by atoms with van der Waals surface area (Å²) in [5.41, 5.74) is -1.80. The molecule has 0 bridgehead atoms. The van der Waals surface area contributed by atoms with Gasteiger partial charge in [-0.05, 0) is 55.8 Å². The SMILES string of the molecule is CC(C)Oc1ccc(/C=C2/C(=O)NC(=O)N(c3cc(C(F)(F)F)ccc3Cl)C2=O)cc1Cl. The highest BCUT2D eigenvalue weighted by atomic mass is 35.5. The Hall–Kier alpha value is -3.04. The zero-order valence-corrected chi connectivity index (χ0v) is 18.1. The number of anilines is 1. The summed E-state index contributed by atoms with van der Waals surface area (Å²) in [6.45, 7) is 3.61. The number of urea groups is 1. The molecule has 0 saturated carbocycles. The molecular formula is C21H15Cl2F3N2O4. The molecule has 1 aliphatic heterocycles. The maximum atomic E-state index is 13.1. The minimum absolute atomic E-state index is 0.140. The molecule has 0 unspecified atom stereocenters. The number of nitrogens with one attached hydrogen (secondary N) is 1. The molecule has 0 radical (unpaired) electrons.